The van der Waals surface area contributed by atoms with Gasteiger partial charge in [-0.2, -0.15) is 5.10 Å². The molecule has 1 aromatic carbocycles. The van der Waals surface area contributed by atoms with Crippen LogP contribution < -0.4 is 0 Å². The number of carbonyl (C=O) groups is 1. The Hall–Kier alpha value is -2.24. The molecule has 0 bridgehead atoms. The van der Waals surface area contributed by atoms with Crippen LogP contribution in [-0.2, 0) is 11.2 Å². The molecule has 1 heterocycles. The number of carboxylic acids is 1. The molecule has 0 saturated heterocycles. The molecule has 0 aliphatic carbocycles. The fourth-order valence-corrected chi connectivity index (χ4v) is 1.34. The first-order valence-electron chi connectivity index (χ1n) is 4.53. The van der Waals surface area contributed by atoms with Crippen molar-refractivity contribution in [3.05, 3.63) is 42.2 Å². The first-order valence-corrected chi connectivity index (χ1v) is 4.53. The summed E-state index contributed by atoms with van der Waals surface area (Å²) < 4.78 is 14.3. The number of rotatable bonds is 3. The second-order valence-electron chi connectivity index (χ2n) is 3.14. The second-order valence-corrected chi connectivity index (χ2v) is 3.14. The molecule has 0 aliphatic rings. The fourth-order valence-electron chi connectivity index (χ4n) is 1.34. The van der Waals surface area contributed by atoms with E-state index in [0.29, 0.717) is 5.69 Å². The van der Waals surface area contributed by atoms with E-state index in [-0.39, 0.29) is 12.2 Å². The van der Waals surface area contributed by atoms with Gasteiger partial charge in [0.15, 0.2) is 0 Å². The van der Waals surface area contributed by atoms with Gasteiger partial charge in [0.25, 0.3) is 0 Å². The Bertz CT molecular complexity index is 524. The topological polar surface area (TPSA) is 68.0 Å². The third-order valence-electron chi connectivity index (χ3n) is 1.98. The van der Waals surface area contributed by atoms with Crippen LogP contribution in [0.25, 0.3) is 5.69 Å². The van der Waals surface area contributed by atoms with Gasteiger partial charge in [-0.15, -0.1) is 0 Å². The number of aliphatic carboxylic acids is 1. The first kappa shape index (κ1) is 10.3. The minimum Gasteiger partial charge on any atom is -0.481 e. The van der Waals surface area contributed by atoms with Crippen molar-refractivity contribution in [2.45, 2.75) is 6.42 Å². The van der Waals surface area contributed by atoms with Crippen LogP contribution in [0.15, 0.2) is 30.6 Å². The fraction of sp³-hybridized carbons (Fsp3) is 0.100. The molecule has 0 amide bonds. The summed E-state index contributed by atoms with van der Waals surface area (Å²) in [6, 6.07) is 5.72. The maximum absolute atomic E-state index is 13.0. The number of hydrogen-bond donors (Lipinski definition) is 1. The van der Waals surface area contributed by atoms with Gasteiger partial charge in [-0.05, 0) is 18.2 Å². The van der Waals surface area contributed by atoms with Gasteiger partial charge >= 0.3 is 5.97 Å². The minimum absolute atomic E-state index is 0.253. The Labute approximate surface area is 90.2 Å². The molecule has 1 aromatic heterocycles. The molecule has 0 unspecified atom stereocenters. The smallest absolute Gasteiger partial charge is 0.311 e. The summed E-state index contributed by atoms with van der Waals surface area (Å²) >= 11 is 0. The van der Waals surface area contributed by atoms with Gasteiger partial charge in [-0.1, -0.05) is 6.07 Å². The summed E-state index contributed by atoms with van der Waals surface area (Å²) in [7, 11) is 0. The standard InChI is InChI=1S/C10H8FN3O2/c11-7-2-1-3-8(4-7)14-9(5-10(15)16)12-6-13-14/h1-4,6H,5H2,(H,15,16). The molecule has 2 aromatic rings. The van der Waals surface area contributed by atoms with Gasteiger partial charge < -0.3 is 5.11 Å². The van der Waals surface area contributed by atoms with Crippen LogP contribution in [0.1, 0.15) is 5.82 Å². The van der Waals surface area contributed by atoms with E-state index in [0.717, 1.165) is 0 Å². The molecule has 0 fully saturated rings. The number of nitrogens with zero attached hydrogens (tertiary/aromatic N) is 3. The quantitative estimate of drug-likeness (QED) is 0.840. The van der Waals surface area contributed by atoms with Crippen molar-refractivity contribution in [3.8, 4) is 5.69 Å². The van der Waals surface area contributed by atoms with E-state index in [2.05, 4.69) is 10.1 Å². The Morgan fingerprint density at radius 1 is 1.50 bits per heavy atom. The third-order valence-corrected chi connectivity index (χ3v) is 1.98. The molecular formula is C10H8FN3O2. The predicted molar refractivity (Wildman–Crippen MR) is 52.7 cm³/mol. The number of hydrogen-bond acceptors (Lipinski definition) is 3. The van der Waals surface area contributed by atoms with Gasteiger partial charge in [-0.25, -0.2) is 14.1 Å². The minimum atomic E-state index is -1.01. The molecule has 82 valence electrons. The van der Waals surface area contributed by atoms with Crippen molar-refractivity contribution in [2.24, 2.45) is 0 Å². The summed E-state index contributed by atoms with van der Waals surface area (Å²) in [4.78, 5) is 14.4. The van der Waals surface area contributed by atoms with Crippen LogP contribution >= 0.6 is 0 Å². The first-order chi connectivity index (χ1) is 7.66. The lowest BCUT2D eigenvalue weighted by molar-refractivity contribution is -0.136. The number of aromatic nitrogens is 3. The van der Waals surface area contributed by atoms with Crippen LogP contribution in [0.5, 0.6) is 0 Å². The monoisotopic (exact) mass is 221 g/mol. The Kier molecular flexibility index (Phi) is 2.63. The SMILES string of the molecule is O=C(O)Cc1ncnn1-c1cccc(F)c1. The maximum atomic E-state index is 13.0. The van der Waals surface area contributed by atoms with E-state index in [1.165, 1.54) is 29.2 Å². The molecule has 2 rings (SSSR count). The van der Waals surface area contributed by atoms with Crippen molar-refractivity contribution in [1.82, 2.24) is 14.8 Å². The maximum Gasteiger partial charge on any atom is 0.311 e. The van der Waals surface area contributed by atoms with Crippen LogP contribution in [0.4, 0.5) is 4.39 Å². The molecule has 0 aliphatic heterocycles. The zero-order chi connectivity index (χ0) is 11.5. The van der Waals surface area contributed by atoms with Crippen molar-refractivity contribution >= 4 is 5.97 Å². The summed E-state index contributed by atoms with van der Waals surface area (Å²) in [5, 5.41) is 12.5. The van der Waals surface area contributed by atoms with E-state index >= 15 is 0 Å². The van der Waals surface area contributed by atoms with Gasteiger partial charge in [-0.3, -0.25) is 4.79 Å². The largest absolute Gasteiger partial charge is 0.481 e. The van der Waals surface area contributed by atoms with E-state index in [9.17, 15) is 9.18 Å². The number of benzene rings is 1. The molecule has 0 atom stereocenters. The predicted octanol–water partition coefficient (Wildman–Crippen LogP) is 1.03. The second kappa shape index (κ2) is 4.09. The highest BCUT2D eigenvalue weighted by Gasteiger charge is 2.10. The Balaban J connectivity index is 2.40. The van der Waals surface area contributed by atoms with E-state index < -0.39 is 11.8 Å². The average molecular weight is 221 g/mol. The van der Waals surface area contributed by atoms with Crippen LogP contribution in [-0.4, -0.2) is 25.8 Å². The lowest BCUT2D eigenvalue weighted by Crippen LogP contribution is -2.09. The highest BCUT2D eigenvalue weighted by atomic mass is 19.1. The van der Waals surface area contributed by atoms with E-state index in [1.54, 1.807) is 6.07 Å². The molecule has 0 saturated carbocycles. The molecule has 1 N–H and O–H groups in total. The zero-order valence-electron chi connectivity index (χ0n) is 8.17. The van der Waals surface area contributed by atoms with E-state index in [1.807, 2.05) is 0 Å². The third kappa shape index (κ3) is 2.05. The Morgan fingerprint density at radius 2 is 2.31 bits per heavy atom. The number of carboxylic acid groups (broad SMARTS) is 1. The summed E-state index contributed by atoms with van der Waals surface area (Å²) in [5.74, 6) is -1.15. The highest BCUT2D eigenvalue weighted by Crippen LogP contribution is 2.10. The Morgan fingerprint density at radius 3 is 3.00 bits per heavy atom. The lowest BCUT2D eigenvalue weighted by atomic mass is 10.3. The summed E-state index contributed by atoms with van der Waals surface area (Å²) in [5.41, 5.74) is 0.453. The summed E-state index contributed by atoms with van der Waals surface area (Å²) in [6.07, 6.45) is 0.986. The van der Waals surface area contributed by atoms with E-state index in [4.69, 9.17) is 5.11 Å². The van der Waals surface area contributed by atoms with Gasteiger partial charge in [0, 0.05) is 0 Å². The molecule has 0 radical (unpaired) electrons. The molecule has 6 heteroatoms. The van der Waals surface area contributed by atoms with Crippen LogP contribution in [0.2, 0.25) is 0 Å². The van der Waals surface area contributed by atoms with Gasteiger partial charge in [0.05, 0.1) is 5.69 Å². The molecule has 16 heavy (non-hydrogen) atoms. The molecule has 0 spiro atoms. The molecular weight excluding hydrogens is 213 g/mol. The van der Waals surface area contributed by atoms with Crippen LogP contribution in [0, 0.1) is 5.82 Å². The highest BCUT2D eigenvalue weighted by molar-refractivity contribution is 5.69. The van der Waals surface area contributed by atoms with Crippen molar-refractivity contribution in [2.75, 3.05) is 0 Å². The van der Waals surface area contributed by atoms with Crippen molar-refractivity contribution in [3.63, 3.8) is 0 Å². The lowest BCUT2D eigenvalue weighted by Gasteiger charge is -2.03. The average Bonchev–Trinajstić information content (AvgIpc) is 2.65. The normalized spacial score (nSPS) is 10.3. The van der Waals surface area contributed by atoms with Gasteiger partial charge in [0.2, 0.25) is 0 Å². The number of halogens is 1. The zero-order valence-corrected chi connectivity index (χ0v) is 8.17. The molecule has 5 nitrogen and oxygen atoms in total. The van der Waals surface area contributed by atoms with Crippen LogP contribution in [0.3, 0.4) is 0 Å². The summed E-state index contributed by atoms with van der Waals surface area (Å²) in [6.45, 7) is 0. The van der Waals surface area contributed by atoms with Crippen molar-refractivity contribution in [1.29, 1.82) is 0 Å². The van der Waals surface area contributed by atoms with Crippen molar-refractivity contribution < 1.29 is 14.3 Å². The van der Waals surface area contributed by atoms with Gasteiger partial charge in [0.1, 0.15) is 24.4 Å².